The fraction of sp³-hybridized carbons (Fsp3) is 0.579. The summed E-state index contributed by atoms with van der Waals surface area (Å²) < 4.78 is 18.2. The topological polar surface area (TPSA) is 61.9 Å². The number of carbonyl (C=O) groups is 2. The number of morpholine rings is 1. The first-order chi connectivity index (χ1) is 12.5. The molecule has 0 bridgehead atoms. The quantitative estimate of drug-likeness (QED) is 0.711. The van der Waals surface area contributed by atoms with Crippen molar-refractivity contribution in [2.45, 2.75) is 19.8 Å². The summed E-state index contributed by atoms with van der Waals surface area (Å²) in [4.78, 5) is 27.7. The lowest BCUT2D eigenvalue weighted by Crippen LogP contribution is -2.43. The normalized spacial score (nSPS) is 14.8. The summed E-state index contributed by atoms with van der Waals surface area (Å²) in [5.41, 5.74) is 0.975. The van der Waals surface area contributed by atoms with Gasteiger partial charge in [0.1, 0.15) is 5.82 Å². The molecule has 1 aliphatic heterocycles. The van der Waals surface area contributed by atoms with E-state index in [4.69, 9.17) is 4.74 Å². The Morgan fingerprint density at radius 1 is 1.19 bits per heavy atom. The summed E-state index contributed by atoms with van der Waals surface area (Å²) in [6.45, 7) is 7.11. The van der Waals surface area contributed by atoms with Crippen LogP contribution in [0.4, 0.5) is 4.39 Å². The molecule has 1 heterocycles. The number of halogens is 1. The average molecular weight is 365 g/mol. The Kier molecular flexibility index (Phi) is 8.50. The molecule has 0 atom stereocenters. The van der Waals surface area contributed by atoms with Gasteiger partial charge in [0.2, 0.25) is 11.8 Å². The minimum absolute atomic E-state index is 0.0163. The van der Waals surface area contributed by atoms with Crippen LogP contribution in [-0.2, 0) is 20.7 Å². The maximum Gasteiger partial charge on any atom is 0.221 e. The number of nitrogens with one attached hydrogen (secondary N) is 1. The molecule has 0 aromatic heterocycles. The zero-order valence-electron chi connectivity index (χ0n) is 15.4. The van der Waals surface area contributed by atoms with Gasteiger partial charge in [0.25, 0.3) is 0 Å². The first-order valence-corrected chi connectivity index (χ1v) is 9.11. The predicted molar refractivity (Wildman–Crippen MR) is 97.2 cm³/mol. The number of benzene rings is 1. The van der Waals surface area contributed by atoms with Gasteiger partial charge >= 0.3 is 0 Å². The van der Waals surface area contributed by atoms with Crippen molar-refractivity contribution in [3.05, 3.63) is 35.6 Å². The van der Waals surface area contributed by atoms with Gasteiger partial charge in [-0.2, -0.15) is 0 Å². The minimum atomic E-state index is -0.265. The fourth-order valence-corrected chi connectivity index (χ4v) is 2.84. The molecule has 0 radical (unpaired) electrons. The molecular formula is C19H28FN3O3. The monoisotopic (exact) mass is 365 g/mol. The molecule has 2 rings (SSSR count). The Bertz CT molecular complexity index is 574. The van der Waals surface area contributed by atoms with Crippen molar-refractivity contribution in [3.63, 3.8) is 0 Å². The number of hydrogen-bond acceptors (Lipinski definition) is 4. The number of rotatable bonds is 9. The van der Waals surface area contributed by atoms with Crippen molar-refractivity contribution >= 4 is 11.8 Å². The van der Waals surface area contributed by atoms with E-state index < -0.39 is 0 Å². The fourth-order valence-electron chi connectivity index (χ4n) is 2.84. The van der Waals surface area contributed by atoms with Crippen LogP contribution in [0.15, 0.2) is 24.3 Å². The molecule has 0 spiro atoms. The van der Waals surface area contributed by atoms with Crippen molar-refractivity contribution in [1.29, 1.82) is 0 Å². The van der Waals surface area contributed by atoms with Gasteiger partial charge in [-0.3, -0.25) is 14.5 Å². The Labute approximate surface area is 154 Å². The number of amides is 2. The molecule has 144 valence electrons. The van der Waals surface area contributed by atoms with E-state index in [9.17, 15) is 14.0 Å². The van der Waals surface area contributed by atoms with Crippen LogP contribution >= 0.6 is 0 Å². The first-order valence-electron chi connectivity index (χ1n) is 9.11. The Hall–Kier alpha value is -1.99. The van der Waals surface area contributed by atoms with Crippen molar-refractivity contribution in [3.8, 4) is 0 Å². The van der Waals surface area contributed by atoms with E-state index in [2.05, 4.69) is 10.2 Å². The number of hydrogen-bond donors (Lipinski definition) is 1. The molecule has 1 saturated heterocycles. The number of carbonyl (C=O) groups excluding carboxylic acids is 2. The van der Waals surface area contributed by atoms with Gasteiger partial charge < -0.3 is 15.0 Å². The minimum Gasteiger partial charge on any atom is -0.379 e. The average Bonchev–Trinajstić information content (AvgIpc) is 2.64. The molecule has 0 aliphatic carbocycles. The number of ether oxygens (including phenoxy) is 1. The van der Waals surface area contributed by atoms with Crippen LogP contribution < -0.4 is 5.32 Å². The van der Waals surface area contributed by atoms with Crippen LogP contribution in [0, 0.1) is 5.82 Å². The highest BCUT2D eigenvalue weighted by Crippen LogP contribution is 2.03. The number of nitrogens with zero attached hydrogens (tertiary/aromatic N) is 2. The van der Waals surface area contributed by atoms with Crippen LogP contribution in [-0.4, -0.2) is 74.1 Å². The highest BCUT2D eigenvalue weighted by molar-refractivity contribution is 5.78. The molecule has 2 amide bonds. The second-order valence-corrected chi connectivity index (χ2v) is 6.44. The molecule has 1 N–H and O–H groups in total. The maximum absolute atomic E-state index is 12.8. The molecule has 0 unspecified atom stereocenters. The highest BCUT2D eigenvalue weighted by Gasteiger charge is 2.15. The lowest BCUT2D eigenvalue weighted by Gasteiger charge is -2.29. The van der Waals surface area contributed by atoms with Gasteiger partial charge in [0.05, 0.1) is 13.2 Å². The van der Waals surface area contributed by atoms with Crippen molar-refractivity contribution in [2.24, 2.45) is 0 Å². The first kappa shape index (κ1) is 20.3. The maximum atomic E-state index is 12.8. The summed E-state index contributed by atoms with van der Waals surface area (Å²) in [5, 5.41) is 2.85. The summed E-state index contributed by atoms with van der Waals surface area (Å²) in [7, 11) is 0. The van der Waals surface area contributed by atoms with Gasteiger partial charge in [-0.05, 0) is 24.1 Å². The SMILES string of the molecule is CC(=O)N(CCC(=O)NCCc1ccc(F)cc1)CCN1CCOCC1. The molecule has 1 aromatic carbocycles. The second kappa shape index (κ2) is 10.9. The van der Waals surface area contributed by atoms with E-state index in [1.807, 2.05) is 0 Å². The molecule has 1 aromatic rings. The van der Waals surface area contributed by atoms with Crippen LogP contribution in [0.5, 0.6) is 0 Å². The van der Waals surface area contributed by atoms with E-state index in [1.54, 1.807) is 17.0 Å². The lowest BCUT2D eigenvalue weighted by molar-refractivity contribution is -0.130. The van der Waals surface area contributed by atoms with Gasteiger partial charge in [-0.1, -0.05) is 12.1 Å². The Morgan fingerprint density at radius 3 is 2.54 bits per heavy atom. The van der Waals surface area contributed by atoms with Gasteiger partial charge in [-0.15, -0.1) is 0 Å². The van der Waals surface area contributed by atoms with E-state index in [0.29, 0.717) is 26.1 Å². The molecule has 1 aliphatic rings. The largest absolute Gasteiger partial charge is 0.379 e. The van der Waals surface area contributed by atoms with Gasteiger partial charge in [0.15, 0.2) is 0 Å². The van der Waals surface area contributed by atoms with E-state index in [1.165, 1.54) is 19.1 Å². The van der Waals surface area contributed by atoms with E-state index in [0.717, 1.165) is 38.4 Å². The molecule has 0 saturated carbocycles. The smallest absolute Gasteiger partial charge is 0.221 e. The van der Waals surface area contributed by atoms with Crippen LogP contribution in [0.3, 0.4) is 0 Å². The standard InChI is InChI=1S/C19H28FN3O3/c1-16(24)23(11-10-22-12-14-26-15-13-22)9-7-19(25)21-8-6-17-2-4-18(20)5-3-17/h2-5H,6-15H2,1H3,(H,21,25). The third kappa shape index (κ3) is 7.49. The van der Waals surface area contributed by atoms with Crippen LogP contribution in [0.25, 0.3) is 0 Å². The van der Waals surface area contributed by atoms with Gasteiger partial charge in [0, 0.05) is 52.6 Å². The molecule has 1 fully saturated rings. The third-order valence-electron chi connectivity index (χ3n) is 4.49. The molecule has 6 nitrogen and oxygen atoms in total. The molecular weight excluding hydrogens is 337 g/mol. The highest BCUT2D eigenvalue weighted by atomic mass is 19.1. The zero-order valence-corrected chi connectivity index (χ0v) is 15.4. The van der Waals surface area contributed by atoms with Crippen molar-refractivity contribution < 1.29 is 18.7 Å². The Morgan fingerprint density at radius 2 is 1.88 bits per heavy atom. The van der Waals surface area contributed by atoms with E-state index in [-0.39, 0.29) is 24.1 Å². The predicted octanol–water partition coefficient (Wildman–Crippen LogP) is 1.06. The van der Waals surface area contributed by atoms with Crippen molar-refractivity contribution in [2.75, 3.05) is 52.5 Å². The lowest BCUT2D eigenvalue weighted by atomic mass is 10.1. The summed E-state index contributed by atoms with van der Waals surface area (Å²) in [6, 6.07) is 6.25. The van der Waals surface area contributed by atoms with Crippen molar-refractivity contribution in [1.82, 2.24) is 15.1 Å². The van der Waals surface area contributed by atoms with Crippen LogP contribution in [0.2, 0.25) is 0 Å². The third-order valence-corrected chi connectivity index (χ3v) is 4.49. The summed E-state index contributed by atoms with van der Waals surface area (Å²) in [6.07, 6.45) is 0.936. The summed E-state index contributed by atoms with van der Waals surface area (Å²) >= 11 is 0. The summed E-state index contributed by atoms with van der Waals surface area (Å²) in [5.74, 6) is -0.360. The van der Waals surface area contributed by atoms with Crippen LogP contribution in [0.1, 0.15) is 18.9 Å². The van der Waals surface area contributed by atoms with E-state index >= 15 is 0 Å². The Balaban J connectivity index is 1.64. The second-order valence-electron chi connectivity index (χ2n) is 6.44. The molecule has 7 heteroatoms. The molecule has 26 heavy (non-hydrogen) atoms. The zero-order chi connectivity index (χ0) is 18.8. The van der Waals surface area contributed by atoms with Gasteiger partial charge in [-0.25, -0.2) is 4.39 Å².